The van der Waals surface area contributed by atoms with Crippen LogP contribution in [0.25, 0.3) is 10.9 Å². The summed E-state index contributed by atoms with van der Waals surface area (Å²) in [5.41, 5.74) is -0.477. The molecule has 0 aliphatic heterocycles. The number of aromatic nitrogens is 3. The lowest BCUT2D eigenvalue weighted by Gasteiger charge is -2.22. The van der Waals surface area contributed by atoms with E-state index < -0.39 is 29.3 Å². The Balaban J connectivity index is 1.80. The van der Waals surface area contributed by atoms with Crippen LogP contribution in [0.3, 0.4) is 0 Å². The first-order valence-corrected chi connectivity index (χ1v) is 9.66. The number of benzene rings is 1. The number of halogens is 3. The predicted octanol–water partition coefficient (Wildman–Crippen LogP) is 4.39. The Morgan fingerprint density at radius 2 is 2.00 bits per heavy atom. The second-order valence-corrected chi connectivity index (χ2v) is 7.71. The van der Waals surface area contributed by atoms with Gasteiger partial charge in [-0.25, -0.2) is 14.8 Å². The molecule has 7 nitrogen and oxygen atoms in total. The van der Waals surface area contributed by atoms with Crippen LogP contribution in [0.4, 0.5) is 18.9 Å². The number of fused-ring (bicyclic) bond motifs is 1. The standard InChI is InChI=1S/C21H19F3N4O3/c1-9(26-18-8-25-17(20(30)31)6-13(18)11-3-4-11)12-5-14-16(7-15(12)21(22,23)24)27-10(2)28-19(14)29/h5-9,11,26H,3-4H2,1-2H3,(H,30,31)(H,27,28,29)/t9-/m0/s1. The zero-order chi connectivity index (χ0) is 22.5. The van der Waals surface area contributed by atoms with Crippen molar-refractivity contribution >= 4 is 22.6 Å². The van der Waals surface area contributed by atoms with Crippen LogP contribution in [0.2, 0.25) is 0 Å². The minimum Gasteiger partial charge on any atom is -0.477 e. The summed E-state index contributed by atoms with van der Waals surface area (Å²) < 4.78 is 41.5. The van der Waals surface area contributed by atoms with Gasteiger partial charge in [-0.2, -0.15) is 13.2 Å². The van der Waals surface area contributed by atoms with Gasteiger partial charge in [-0.3, -0.25) is 4.79 Å². The van der Waals surface area contributed by atoms with Crippen molar-refractivity contribution < 1.29 is 23.1 Å². The molecule has 3 aromatic rings. The highest BCUT2D eigenvalue weighted by molar-refractivity contribution is 5.86. The summed E-state index contributed by atoms with van der Waals surface area (Å²) in [5.74, 6) is -0.801. The number of pyridine rings is 1. The molecular formula is C21H19F3N4O3. The number of nitrogens with one attached hydrogen (secondary N) is 2. The molecule has 1 saturated carbocycles. The van der Waals surface area contributed by atoms with Crippen molar-refractivity contribution in [2.45, 2.75) is 44.8 Å². The summed E-state index contributed by atoms with van der Waals surface area (Å²) in [7, 11) is 0. The lowest BCUT2D eigenvalue weighted by molar-refractivity contribution is -0.138. The van der Waals surface area contributed by atoms with Gasteiger partial charge >= 0.3 is 12.1 Å². The number of nitrogens with zero attached hydrogens (tertiary/aromatic N) is 2. The zero-order valence-electron chi connectivity index (χ0n) is 16.7. The minimum absolute atomic E-state index is 0.0318. The Hall–Kier alpha value is -3.43. The molecule has 0 amide bonds. The van der Waals surface area contributed by atoms with Crippen LogP contribution in [-0.2, 0) is 6.18 Å². The van der Waals surface area contributed by atoms with E-state index in [-0.39, 0.29) is 33.9 Å². The van der Waals surface area contributed by atoms with Gasteiger partial charge in [-0.05, 0) is 61.9 Å². The number of alkyl halides is 3. The van der Waals surface area contributed by atoms with Crippen molar-refractivity contribution in [3.63, 3.8) is 0 Å². The highest BCUT2D eigenvalue weighted by Crippen LogP contribution is 2.44. The predicted molar refractivity (Wildman–Crippen MR) is 107 cm³/mol. The smallest absolute Gasteiger partial charge is 0.416 e. The number of anilines is 1. The van der Waals surface area contributed by atoms with Gasteiger partial charge in [0.05, 0.1) is 28.4 Å². The highest BCUT2D eigenvalue weighted by Gasteiger charge is 2.36. The van der Waals surface area contributed by atoms with Crippen molar-refractivity contribution in [1.29, 1.82) is 0 Å². The molecule has 0 unspecified atom stereocenters. The molecule has 0 spiro atoms. The number of H-pyrrole nitrogens is 1. The number of hydrogen-bond acceptors (Lipinski definition) is 5. The Bertz CT molecular complexity index is 1250. The molecule has 0 saturated heterocycles. The first-order chi connectivity index (χ1) is 14.5. The summed E-state index contributed by atoms with van der Waals surface area (Å²) >= 11 is 0. The summed E-state index contributed by atoms with van der Waals surface area (Å²) in [6.07, 6.45) is -1.57. The van der Waals surface area contributed by atoms with Crippen molar-refractivity contribution in [3.8, 4) is 0 Å². The van der Waals surface area contributed by atoms with E-state index in [4.69, 9.17) is 0 Å². The SMILES string of the molecule is Cc1nc2cc(C(F)(F)F)c([C@H](C)Nc3cnc(C(=O)O)cc3C3CC3)cc2c(=O)[nH]1. The van der Waals surface area contributed by atoms with Gasteiger partial charge in [0.1, 0.15) is 11.5 Å². The average Bonchev–Trinajstić information content (AvgIpc) is 3.51. The van der Waals surface area contributed by atoms with E-state index in [0.29, 0.717) is 11.3 Å². The van der Waals surface area contributed by atoms with E-state index in [1.165, 1.54) is 25.3 Å². The van der Waals surface area contributed by atoms with Crippen LogP contribution in [0.1, 0.15) is 64.7 Å². The quantitative estimate of drug-likeness (QED) is 0.552. The van der Waals surface area contributed by atoms with E-state index in [1.54, 1.807) is 6.92 Å². The number of aromatic carboxylic acids is 1. The maximum atomic E-state index is 13.8. The zero-order valence-corrected chi connectivity index (χ0v) is 16.7. The van der Waals surface area contributed by atoms with E-state index >= 15 is 0 Å². The molecular weight excluding hydrogens is 413 g/mol. The van der Waals surface area contributed by atoms with Crippen molar-refractivity contribution in [1.82, 2.24) is 15.0 Å². The summed E-state index contributed by atoms with van der Waals surface area (Å²) in [4.78, 5) is 33.9. The van der Waals surface area contributed by atoms with Gasteiger partial charge in [0.25, 0.3) is 5.56 Å². The average molecular weight is 432 g/mol. The second-order valence-electron chi connectivity index (χ2n) is 7.71. The van der Waals surface area contributed by atoms with E-state index in [9.17, 15) is 27.9 Å². The van der Waals surface area contributed by atoms with Crippen molar-refractivity contribution in [2.75, 3.05) is 5.32 Å². The van der Waals surface area contributed by atoms with Gasteiger partial charge in [0.15, 0.2) is 0 Å². The maximum absolute atomic E-state index is 13.8. The van der Waals surface area contributed by atoms with Crippen LogP contribution in [0.5, 0.6) is 0 Å². The molecule has 0 bridgehead atoms. The summed E-state index contributed by atoms with van der Waals surface area (Å²) in [5, 5.41) is 12.3. The molecule has 1 atom stereocenters. The van der Waals surface area contributed by atoms with Crippen LogP contribution in [0, 0.1) is 6.92 Å². The molecule has 4 rings (SSSR count). The fourth-order valence-electron chi connectivity index (χ4n) is 3.67. The largest absolute Gasteiger partial charge is 0.477 e. The first-order valence-electron chi connectivity index (χ1n) is 9.66. The first kappa shape index (κ1) is 20.8. The third-order valence-corrected chi connectivity index (χ3v) is 5.31. The lowest BCUT2D eigenvalue weighted by atomic mass is 9.97. The Morgan fingerprint density at radius 3 is 2.61 bits per heavy atom. The molecule has 0 radical (unpaired) electrons. The Morgan fingerprint density at radius 1 is 1.29 bits per heavy atom. The minimum atomic E-state index is -4.65. The molecule has 1 aromatic carbocycles. The number of carbonyl (C=O) groups is 1. The molecule has 10 heteroatoms. The van der Waals surface area contributed by atoms with E-state index in [1.807, 2.05) is 0 Å². The van der Waals surface area contributed by atoms with E-state index in [0.717, 1.165) is 18.9 Å². The van der Waals surface area contributed by atoms with Gasteiger partial charge in [0.2, 0.25) is 0 Å². The number of aromatic amines is 1. The maximum Gasteiger partial charge on any atom is 0.416 e. The third-order valence-electron chi connectivity index (χ3n) is 5.31. The Kier molecular flexibility index (Phi) is 4.95. The molecule has 2 heterocycles. The lowest BCUT2D eigenvalue weighted by Crippen LogP contribution is -2.18. The van der Waals surface area contributed by atoms with Crippen molar-refractivity contribution in [3.05, 3.63) is 63.0 Å². The van der Waals surface area contributed by atoms with Gasteiger partial charge in [0, 0.05) is 6.04 Å². The fraction of sp³-hybridized carbons (Fsp3) is 0.333. The number of carboxylic acids is 1. The molecule has 1 aliphatic rings. The number of carboxylic acid groups (broad SMARTS) is 1. The second kappa shape index (κ2) is 7.36. The van der Waals surface area contributed by atoms with Gasteiger partial charge < -0.3 is 15.4 Å². The molecule has 2 aromatic heterocycles. The number of hydrogen-bond donors (Lipinski definition) is 3. The molecule has 162 valence electrons. The molecule has 31 heavy (non-hydrogen) atoms. The number of aryl methyl sites for hydroxylation is 1. The third kappa shape index (κ3) is 4.10. The van der Waals surface area contributed by atoms with Crippen LogP contribution < -0.4 is 10.9 Å². The van der Waals surface area contributed by atoms with Gasteiger partial charge in [-0.15, -0.1) is 0 Å². The van der Waals surface area contributed by atoms with Crippen LogP contribution in [-0.4, -0.2) is 26.0 Å². The van der Waals surface area contributed by atoms with Gasteiger partial charge in [-0.1, -0.05) is 0 Å². The van der Waals surface area contributed by atoms with Crippen LogP contribution in [0.15, 0.2) is 29.2 Å². The summed E-state index contributed by atoms with van der Waals surface area (Å²) in [6.45, 7) is 3.05. The van der Waals surface area contributed by atoms with Crippen LogP contribution >= 0.6 is 0 Å². The normalized spacial score (nSPS) is 15.1. The fourth-order valence-corrected chi connectivity index (χ4v) is 3.67. The molecule has 1 aliphatic carbocycles. The van der Waals surface area contributed by atoms with E-state index in [2.05, 4.69) is 20.3 Å². The Labute approximate surface area is 174 Å². The molecule has 1 fully saturated rings. The summed E-state index contributed by atoms with van der Waals surface area (Å²) in [6, 6.07) is 2.71. The molecule has 3 N–H and O–H groups in total. The highest BCUT2D eigenvalue weighted by atomic mass is 19.4. The monoisotopic (exact) mass is 432 g/mol. The van der Waals surface area contributed by atoms with Crippen molar-refractivity contribution in [2.24, 2.45) is 0 Å². The number of rotatable bonds is 5. The topological polar surface area (TPSA) is 108 Å².